The van der Waals surface area contributed by atoms with Gasteiger partial charge in [-0.05, 0) is 80.4 Å². The van der Waals surface area contributed by atoms with E-state index in [-0.39, 0.29) is 35.2 Å². The number of sulfonamides is 1. The number of anilines is 1. The number of halogens is 2. The third kappa shape index (κ3) is 9.52. The molecular weight excluding hydrogens is 718 g/mol. The van der Waals surface area contributed by atoms with Gasteiger partial charge in [-0.15, -0.1) is 0 Å². The number of benzene rings is 4. The van der Waals surface area contributed by atoms with Crippen LogP contribution in [-0.2, 0) is 32.6 Å². The second-order valence-corrected chi connectivity index (χ2v) is 15.3. The summed E-state index contributed by atoms with van der Waals surface area (Å²) < 4.78 is 41.2. The Bertz CT molecular complexity index is 1830. The Hall–Kier alpha value is -4.06. The molecule has 0 spiro atoms. The summed E-state index contributed by atoms with van der Waals surface area (Å²) in [6.45, 7) is 5.02. The number of amides is 2. The van der Waals surface area contributed by atoms with Crippen LogP contribution in [-0.4, -0.2) is 57.5 Å². The zero-order chi connectivity index (χ0) is 35.1. The van der Waals surface area contributed by atoms with E-state index in [1.54, 1.807) is 12.1 Å². The first-order valence-electron chi connectivity index (χ1n) is 15.1. The third-order valence-electron chi connectivity index (χ3n) is 7.35. The highest BCUT2D eigenvalue weighted by Gasteiger charge is 2.36. The monoisotopic (exact) mass is 755 g/mol. The number of carbonyl (C=O) groups is 2. The van der Waals surface area contributed by atoms with Crippen LogP contribution < -0.4 is 19.1 Å². The van der Waals surface area contributed by atoms with Gasteiger partial charge in [0, 0.05) is 34.1 Å². The lowest BCUT2D eigenvalue weighted by atomic mass is 10.0. The molecule has 0 heterocycles. The molecule has 0 unspecified atom stereocenters. The SMILES string of the molecule is COc1ccc(S(=O)(=O)N(CC(=O)N(Cc2cccc(Br)c2)[C@@H](Cc2ccccc2)C(=O)NC(C)(C)C)c2ccc(Cl)cc2)cc1OC. The van der Waals surface area contributed by atoms with Gasteiger partial charge in [0.05, 0.1) is 24.8 Å². The number of rotatable bonds is 13. The number of hydrogen-bond donors (Lipinski definition) is 1. The summed E-state index contributed by atoms with van der Waals surface area (Å²) in [6, 6.07) is 26.2. The molecule has 254 valence electrons. The molecule has 0 radical (unpaired) electrons. The largest absolute Gasteiger partial charge is 0.493 e. The van der Waals surface area contributed by atoms with Gasteiger partial charge in [-0.2, -0.15) is 0 Å². The highest BCUT2D eigenvalue weighted by atomic mass is 79.9. The van der Waals surface area contributed by atoms with Crippen molar-refractivity contribution in [2.24, 2.45) is 0 Å². The molecule has 0 saturated heterocycles. The first-order chi connectivity index (χ1) is 22.7. The Morgan fingerprint density at radius 3 is 2.10 bits per heavy atom. The topological polar surface area (TPSA) is 105 Å². The molecular formula is C36H39BrClN3O6S. The summed E-state index contributed by atoms with van der Waals surface area (Å²) >= 11 is 9.66. The van der Waals surface area contributed by atoms with Gasteiger partial charge in [-0.3, -0.25) is 13.9 Å². The van der Waals surface area contributed by atoms with Crippen molar-refractivity contribution in [1.29, 1.82) is 0 Å². The fourth-order valence-corrected chi connectivity index (χ4v) is 7.08. The van der Waals surface area contributed by atoms with E-state index in [0.29, 0.717) is 10.8 Å². The molecule has 0 aliphatic heterocycles. The third-order valence-corrected chi connectivity index (χ3v) is 9.86. The molecule has 0 saturated carbocycles. The van der Waals surface area contributed by atoms with Crippen molar-refractivity contribution in [1.82, 2.24) is 10.2 Å². The standard InChI is InChI=1S/C36H39BrClN3O6S/c1-36(2,3)39-35(43)31(21-25-10-7-6-8-11-25)40(23-26-12-9-13-27(37)20-26)34(42)24-41(29-16-14-28(38)15-17-29)48(44,45)30-18-19-32(46-4)33(22-30)47-5/h6-20,22,31H,21,23-24H2,1-5H3,(H,39,43)/t31-/m0/s1. The summed E-state index contributed by atoms with van der Waals surface area (Å²) in [7, 11) is -1.51. The molecule has 48 heavy (non-hydrogen) atoms. The smallest absolute Gasteiger partial charge is 0.264 e. The lowest BCUT2D eigenvalue weighted by Gasteiger charge is -2.35. The summed E-state index contributed by atoms with van der Waals surface area (Å²) in [4.78, 5) is 30.0. The van der Waals surface area contributed by atoms with Crippen molar-refractivity contribution >= 4 is 55.1 Å². The average molecular weight is 757 g/mol. The fraction of sp³-hybridized carbons (Fsp3) is 0.278. The molecule has 0 fully saturated rings. The first kappa shape index (κ1) is 36.8. The van der Waals surface area contributed by atoms with Gasteiger partial charge in [0.1, 0.15) is 12.6 Å². The van der Waals surface area contributed by atoms with Gasteiger partial charge in [0.25, 0.3) is 10.0 Å². The van der Waals surface area contributed by atoms with E-state index in [2.05, 4.69) is 21.2 Å². The highest BCUT2D eigenvalue weighted by Crippen LogP contribution is 2.33. The van der Waals surface area contributed by atoms with Crippen LogP contribution in [0.2, 0.25) is 5.02 Å². The molecule has 0 aromatic heterocycles. The number of nitrogens with one attached hydrogen (secondary N) is 1. The zero-order valence-electron chi connectivity index (χ0n) is 27.4. The second-order valence-electron chi connectivity index (χ2n) is 12.1. The normalized spacial score (nSPS) is 12.1. The van der Waals surface area contributed by atoms with Crippen LogP contribution in [0.25, 0.3) is 0 Å². The minimum atomic E-state index is -4.37. The van der Waals surface area contributed by atoms with Crippen LogP contribution in [0.1, 0.15) is 31.9 Å². The van der Waals surface area contributed by atoms with Crippen molar-refractivity contribution in [2.45, 2.75) is 50.2 Å². The molecule has 1 N–H and O–H groups in total. The molecule has 4 aromatic rings. The second kappa shape index (κ2) is 15.9. The summed E-state index contributed by atoms with van der Waals surface area (Å²) in [6.07, 6.45) is 0.200. The Kier molecular flexibility index (Phi) is 12.2. The van der Waals surface area contributed by atoms with Gasteiger partial charge in [-0.1, -0.05) is 70.0 Å². The summed E-state index contributed by atoms with van der Waals surface area (Å²) in [5.74, 6) is -0.396. The van der Waals surface area contributed by atoms with E-state index in [0.717, 1.165) is 19.9 Å². The molecule has 1 atom stereocenters. The van der Waals surface area contributed by atoms with Crippen LogP contribution in [0.5, 0.6) is 11.5 Å². The van der Waals surface area contributed by atoms with E-state index in [1.165, 1.54) is 49.5 Å². The van der Waals surface area contributed by atoms with E-state index in [4.69, 9.17) is 21.1 Å². The van der Waals surface area contributed by atoms with Gasteiger partial charge in [0.2, 0.25) is 11.8 Å². The van der Waals surface area contributed by atoms with Crippen LogP contribution in [0.15, 0.2) is 106 Å². The number of methoxy groups -OCH3 is 2. The Balaban J connectivity index is 1.84. The lowest BCUT2D eigenvalue weighted by Crippen LogP contribution is -2.56. The molecule has 0 bridgehead atoms. The zero-order valence-corrected chi connectivity index (χ0v) is 30.6. The lowest BCUT2D eigenvalue weighted by molar-refractivity contribution is -0.140. The number of ether oxygens (including phenoxy) is 2. The molecule has 2 amide bonds. The molecule has 0 aliphatic rings. The van der Waals surface area contributed by atoms with Gasteiger partial charge in [-0.25, -0.2) is 8.42 Å². The average Bonchev–Trinajstić information content (AvgIpc) is 3.04. The summed E-state index contributed by atoms with van der Waals surface area (Å²) in [5, 5.41) is 3.42. The molecule has 0 aliphatic carbocycles. The fourth-order valence-electron chi connectivity index (χ4n) is 5.08. The molecule has 12 heteroatoms. The maximum absolute atomic E-state index is 14.6. The van der Waals surface area contributed by atoms with Crippen LogP contribution in [0, 0.1) is 0 Å². The Morgan fingerprint density at radius 2 is 1.50 bits per heavy atom. The molecule has 9 nitrogen and oxygen atoms in total. The van der Waals surface area contributed by atoms with Crippen molar-refractivity contribution in [2.75, 3.05) is 25.1 Å². The van der Waals surface area contributed by atoms with Crippen LogP contribution in [0.3, 0.4) is 0 Å². The van der Waals surface area contributed by atoms with Crippen LogP contribution in [0.4, 0.5) is 5.69 Å². The maximum Gasteiger partial charge on any atom is 0.264 e. The number of hydrogen-bond acceptors (Lipinski definition) is 6. The van der Waals surface area contributed by atoms with E-state index >= 15 is 0 Å². The minimum absolute atomic E-state index is 0.0399. The quantitative estimate of drug-likeness (QED) is 0.160. The van der Waals surface area contributed by atoms with Crippen LogP contribution >= 0.6 is 27.5 Å². The van der Waals surface area contributed by atoms with Crippen molar-refractivity contribution in [3.63, 3.8) is 0 Å². The first-order valence-corrected chi connectivity index (χ1v) is 17.7. The van der Waals surface area contributed by atoms with Gasteiger partial charge < -0.3 is 19.7 Å². The van der Waals surface area contributed by atoms with Crippen molar-refractivity contribution in [3.05, 3.63) is 118 Å². The maximum atomic E-state index is 14.6. The molecule has 4 rings (SSSR count). The predicted molar refractivity (Wildman–Crippen MR) is 192 cm³/mol. The van der Waals surface area contributed by atoms with E-state index in [1.807, 2.05) is 75.4 Å². The number of nitrogens with zero attached hydrogens (tertiary/aromatic N) is 2. The Morgan fingerprint density at radius 1 is 0.854 bits per heavy atom. The minimum Gasteiger partial charge on any atom is -0.493 e. The Labute approximate surface area is 296 Å². The van der Waals surface area contributed by atoms with Crippen molar-refractivity contribution < 1.29 is 27.5 Å². The number of carbonyl (C=O) groups excluding carboxylic acids is 2. The highest BCUT2D eigenvalue weighted by molar-refractivity contribution is 9.10. The van der Waals surface area contributed by atoms with Crippen molar-refractivity contribution in [3.8, 4) is 11.5 Å². The van der Waals surface area contributed by atoms with E-state index in [9.17, 15) is 18.0 Å². The van der Waals surface area contributed by atoms with Gasteiger partial charge >= 0.3 is 0 Å². The van der Waals surface area contributed by atoms with E-state index < -0.39 is 34.1 Å². The molecule has 4 aromatic carbocycles. The predicted octanol–water partition coefficient (Wildman–Crippen LogP) is 6.87. The summed E-state index contributed by atoms with van der Waals surface area (Å²) in [5.41, 5.74) is 1.21. The van der Waals surface area contributed by atoms with Gasteiger partial charge in [0.15, 0.2) is 11.5 Å².